The summed E-state index contributed by atoms with van der Waals surface area (Å²) in [5.41, 5.74) is -1.14. The van der Waals surface area contributed by atoms with Gasteiger partial charge in [-0.05, 0) is 0 Å². The van der Waals surface area contributed by atoms with E-state index in [1.54, 1.807) is 0 Å². The predicted octanol–water partition coefficient (Wildman–Crippen LogP) is 1.43. The van der Waals surface area contributed by atoms with E-state index in [9.17, 15) is 13.6 Å². The largest absolute Gasteiger partial charge is 0.308 e. The van der Waals surface area contributed by atoms with Gasteiger partial charge in [0.2, 0.25) is 5.52 Å². The molecule has 4 heteroatoms. The quantitative estimate of drug-likeness (QED) is 0.530. The third-order valence-electron chi connectivity index (χ3n) is 0.805. The highest BCUT2D eigenvalue weighted by Crippen LogP contribution is 2.21. The van der Waals surface area contributed by atoms with Gasteiger partial charge in [0, 0.05) is 6.42 Å². The average molecular weight is 140 g/mol. The van der Waals surface area contributed by atoms with Crippen LogP contribution in [0.4, 0.5) is 8.78 Å². The minimum atomic E-state index is -3.13. The van der Waals surface area contributed by atoms with E-state index in [0.29, 0.717) is 0 Å². The second-order valence-corrected chi connectivity index (χ2v) is 1.95. The lowest BCUT2D eigenvalue weighted by Gasteiger charge is -2.06. The molecule has 0 aromatic heterocycles. The number of halogens is 2. The van der Waals surface area contributed by atoms with Crippen molar-refractivity contribution in [2.75, 3.05) is 0 Å². The van der Waals surface area contributed by atoms with Gasteiger partial charge in [-0.3, -0.25) is 4.79 Å². The SMILES string of the molecule is CCC(F)(F)C(=O)P. The van der Waals surface area contributed by atoms with Gasteiger partial charge in [-0.2, -0.15) is 8.78 Å². The standard InChI is InChI=1S/C4H7F2OP/c1-2-4(5,6)3(7)8/h2,8H2,1H3. The molecule has 1 nitrogen and oxygen atoms in total. The van der Waals surface area contributed by atoms with E-state index < -0.39 is 17.9 Å². The minimum Gasteiger partial charge on any atom is -0.288 e. The third-order valence-corrected chi connectivity index (χ3v) is 1.23. The highest BCUT2D eigenvalue weighted by Gasteiger charge is 2.32. The van der Waals surface area contributed by atoms with Crippen molar-refractivity contribution in [2.45, 2.75) is 19.3 Å². The molecule has 8 heavy (non-hydrogen) atoms. The Labute approximate surface area is 48.7 Å². The van der Waals surface area contributed by atoms with Crippen molar-refractivity contribution in [1.29, 1.82) is 0 Å². The van der Waals surface area contributed by atoms with Crippen molar-refractivity contribution in [3.8, 4) is 0 Å². The maximum absolute atomic E-state index is 11.9. The molecule has 0 aliphatic carbocycles. The van der Waals surface area contributed by atoms with Crippen LogP contribution in [0.5, 0.6) is 0 Å². The van der Waals surface area contributed by atoms with Crippen LogP contribution in [0.2, 0.25) is 0 Å². The summed E-state index contributed by atoms with van der Waals surface area (Å²) in [7, 11) is 1.46. The van der Waals surface area contributed by atoms with E-state index in [2.05, 4.69) is 0 Å². The minimum absolute atomic E-state index is 0.421. The summed E-state index contributed by atoms with van der Waals surface area (Å²) < 4.78 is 23.8. The van der Waals surface area contributed by atoms with Crippen molar-refractivity contribution in [3.05, 3.63) is 0 Å². The topological polar surface area (TPSA) is 17.1 Å². The maximum Gasteiger partial charge on any atom is 0.308 e. The van der Waals surface area contributed by atoms with Gasteiger partial charge in [0.25, 0.3) is 0 Å². The van der Waals surface area contributed by atoms with Crippen LogP contribution in [0.25, 0.3) is 0 Å². The molecule has 0 rings (SSSR count). The molecule has 1 unspecified atom stereocenters. The Kier molecular flexibility index (Phi) is 2.48. The van der Waals surface area contributed by atoms with Gasteiger partial charge in [-0.15, -0.1) is 0 Å². The molecule has 0 aliphatic rings. The Morgan fingerprint density at radius 1 is 1.75 bits per heavy atom. The van der Waals surface area contributed by atoms with Gasteiger partial charge >= 0.3 is 5.92 Å². The van der Waals surface area contributed by atoms with Crippen LogP contribution in [-0.4, -0.2) is 11.4 Å². The molecule has 1 atom stereocenters. The number of carbonyl (C=O) groups is 1. The lowest BCUT2D eigenvalue weighted by molar-refractivity contribution is -0.133. The van der Waals surface area contributed by atoms with Gasteiger partial charge in [0.1, 0.15) is 0 Å². The van der Waals surface area contributed by atoms with Gasteiger partial charge in [0.05, 0.1) is 0 Å². The molecule has 0 heterocycles. The van der Waals surface area contributed by atoms with E-state index in [1.807, 2.05) is 0 Å². The second-order valence-electron chi connectivity index (χ2n) is 1.42. The predicted molar refractivity (Wildman–Crippen MR) is 30.0 cm³/mol. The Morgan fingerprint density at radius 3 is 2.12 bits per heavy atom. The van der Waals surface area contributed by atoms with Crippen LogP contribution in [0.3, 0.4) is 0 Å². The Bertz CT molecular complexity index is 102. The summed E-state index contributed by atoms with van der Waals surface area (Å²) in [4.78, 5) is 9.91. The van der Waals surface area contributed by atoms with Gasteiger partial charge < -0.3 is 0 Å². The number of rotatable bonds is 2. The molecular formula is C4H7F2OP. The number of hydrogen-bond acceptors (Lipinski definition) is 1. The fourth-order valence-corrected chi connectivity index (χ4v) is 0.378. The lowest BCUT2D eigenvalue weighted by Crippen LogP contribution is -2.21. The first-order valence-corrected chi connectivity index (χ1v) is 2.76. The molecule has 0 saturated carbocycles. The zero-order valence-electron chi connectivity index (χ0n) is 4.45. The molecule has 0 N–H and O–H groups in total. The van der Waals surface area contributed by atoms with Gasteiger partial charge in [0.15, 0.2) is 0 Å². The molecule has 0 spiro atoms. The molecule has 0 bridgehead atoms. The van der Waals surface area contributed by atoms with E-state index in [1.165, 1.54) is 16.2 Å². The number of alkyl halides is 2. The molecule has 0 aromatic carbocycles. The van der Waals surface area contributed by atoms with Crippen molar-refractivity contribution >= 4 is 14.8 Å². The summed E-state index contributed by atoms with van der Waals surface area (Å²) in [5.74, 6) is -3.13. The average Bonchev–Trinajstić information content (AvgIpc) is 1.67. The molecule has 48 valence electrons. The Hall–Kier alpha value is -0.0400. The second kappa shape index (κ2) is 2.49. The smallest absolute Gasteiger partial charge is 0.288 e. The highest BCUT2D eigenvalue weighted by molar-refractivity contribution is 7.40. The Morgan fingerprint density at radius 2 is 2.12 bits per heavy atom. The van der Waals surface area contributed by atoms with Crippen LogP contribution in [0.15, 0.2) is 0 Å². The van der Waals surface area contributed by atoms with Crippen molar-refractivity contribution in [1.82, 2.24) is 0 Å². The summed E-state index contributed by atoms with van der Waals surface area (Å²) >= 11 is 0. The number of hydrogen-bond donors (Lipinski definition) is 0. The summed E-state index contributed by atoms with van der Waals surface area (Å²) in [6.07, 6.45) is -0.421. The molecule has 0 aromatic rings. The van der Waals surface area contributed by atoms with E-state index in [4.69, 9.17) is 0 Å². The summed E-state index contributed by atoms with van der Waals surface area (Å²) in [6.45, 7) is 1.27. The third kappa shape index (κ3) is 1.83. The summed E-state index contributed by atoms with van der Waals surface area (Å²) in [5, 5.41) is 0. The van der Waals surface area contributed by atoms with Crippen LogP contribution in [0, 0.1) is 0 Å². The van der Waals surface area contributed by atoms with Crippen molar-refractivity contribution in [3.63, 3.8) is 0 Å². The molecule has 0 saturated heterocycles. The van der Waals surface area contributed by atoms with Gasteiger partial charge in [-0.1, -0.05) is 16.2 Å². The molecule has 0 radical (unpaired) electrons. The van der Waals surface area contributed by atoms with Crippen LogP contribution in [-0.2, 0) is 4.79 Å². The first kappa shape index (κ1) is 7.96. The molecule has 0 amide bonds. The normalized spacial score (nSPS) is 11.5. The van der Waals surface area contributed by atoms with Gasteiger partial charge in [-0.25, -0.2) is 0 Å². The zero-order valence-corrected chi connectivity index (χ0v) is 5.60. The highest BCUT2D eigenvalue weighted by atomic mass is 31.0. The number of carbonyl (C=O) groups excluding carboxylic acids is 1. The Balaban J connectivity index is 3.91. The molecular weight excluding hydrogens is 133 g/mol. The monoisotopic (exact) mass is 140 g/mol. The first-order chi connectivity index (χ1) is 3.50. The molecule has 0 fully saturated rings. The van der Waals surface area contributed by atoms with Crippen LogP contribution >= 0.6 is 9.24 Å². The van der Waals surface area contributed by atoms with Crippen LogP contribution < -0.4 is 0 Å². The first-order valence-electron chi connectivity index (χ1n) is 2.18. The van der Waals surface area contributed by atoms with Crippen molar-refractivity contribution < 1.29 is 13.6 Å². The van der Waals surface area contributed by atoms with E-state index in [-0.39, 0.29) is 0 Å². The summed E-state index contributed by atoms with van der Waals surface area (Å²) in [6, 6.07) is 0. The lowest BCUT2D eigenvalue weighted by atomic mass is 10.3. The van der Waals surface area contributed by atoms with E-state index in [0.717, 1.165) is 0 Å². The van der Waals surface area contributed by atoms with Crippen LogP contribution in [0.1, 0.15) is 13.3 Å². The fraction of sp³-hybridized carbons (Fsp3) is 0.750. The molecule has 0 aliphatic heterocycles. The van der Waals surface area contributed by atoms with E-state index >= 15 is 0 Å². The maximum atomic E-state index is 11.9. The zero-order chi connectivity index (χ0) is 6.78. The van der Waals surface area contributed by atoms with Crippen molar-refractivity contribution in [2.24, 2.45) is 0 Å². The fourth-order valence-electron chi connectivity index (χ4n) is 0.174.